The van der Waals surface area contributed by atoms with Crippen molar-refractivity contribution >= 4 is 17.6 Å². The summed E-state index contributed by atoms with van der Waals surface area (Å²) in [6, 6.07) is 7.90. The number of ether oxygens (including phenoxy) is 2. The molecule has 0 bridgehead atoms. The standard InChI is InChI=1S/C24H34N4O4/c1-17(2)15-28-19(4)22(18(3)25-28)14-24(30)32-16-23(29)27-12-10-26(11-13-27)20-6-8-21(31-5)9-7-20/h6-9,17H,10-16H2,1-5H3. The smallest absolute Gasteiger partial charge is 0.310 e. The molecule has 8 heteroatoms. The first-order chi connectivity index (χ1) is 15.3. The molecule has 0 spiro atoms. The van der Waals surface area contributed by atoms with Gasteiger partial charge in [-0.1, -0.05) is 13.8 Å². The Labute approximate surface area is 190 Å². The summed E-state index contributed by atoms with van der Waals surface area (Å²) in [5.41, 5.74) is 3.81. The van der Waals surface area contributed by atoms with E-state index in [-0.39, 0.29) is 18.9 Å². The summed E-state index contributed by atoms with van der Waals surface area (Å²) >= 11 is 0. The lowest BCUT2D eigenvalue weighted by Crippen LogP contribution is -2.49. The Kier molecular flexibility index (Phi) is 7.77. The Morgan fingerprint density at radius 1 is 1.06 bits per heavy atom. The van der Waals surface area contributed by atoms with Gasteiger partial charge in [-0.15, -0.1) is 0 Å². The fourth-order valence-corrected chi connectivity index (χ4v) is 3.95. The summed E-state index contributed by atoms with van der Waals surface area (Å²) in [7, 11) is 1.65. The van der Waals surface area contributed by atoms with Crippen LogP contribution in [0.15, 0.2) is 24.3 Å². The molecule has 1 aromatic carbocycles. The van der Waals surface area contributed by atoms with Gasteiger partial charge in [-0.3, -0.25) is 14.3 Å². The summed E-state index contributed by atoms with van der Waals surface area (Å²) < 4.78 is 12.4. The average Bonchev–Trinajstić information content (AvgIpc) is 3.04. The van der Waals surface area contributed by atoms with Crippen LogP contribution in [-0.2, 0) is 27.3 Å². The molecule has 1 saturated heterocycles. The summed E-state index contributed by atoms with van der Waals surface area (Å²) in [5.74, 6) is 0.736. The van der Waals surface area contributed by atoms with E-state index in [2.05, 4.69) is 23.8 Å². The molecule has 8 nitrogen and oxygen atoms in total. The molecule has 0 N–H and O–H groups in total. The van der Waals surface area contributed by atoms with Crippen molar-refractivity contribution in [2.24, 2.45) is 5.92 Å². The van der Waals surface area contributed by atoms with Gasteiger partial charge in [0.05, 0.1) is 19.2 Å². The number of aromatic nitrogens is 2. The first kappa shape index (κ1) is 23.6. The second kappa shape index (κ2) is 10.5. The molecular formula is C24H34N4O4. The van der Waals surface area contributed by atoms with Crippen molar-refractivity contribution in [1.29, 1.82) is 0 Å². The van der Waals surface area contributed by atoms with E-state index in [0.29, 0.717) is 19.0 Å². The molecule has 2 heterocycles. The third-order valence-electron chi connectivity index (χ3n) is 5.82. The number of benzene rings is 1. The lowest BCUT2D eigenvalue weighted by molar-refractivity contribution is -0.151. The van der Waals surface area contributed by atoms with Crippen molar-refractivity contribution in [2.45, 2.75) is 40.7 Å². The zero-order valence-electron chi connectivity index (χ0n) is 19.8. The van der Waals surface area contributed by atoms with Crippen LogP contribution in [0.25, 0.3) is 0 Å². The molecule has 1 aromatic heterocycles. The summed E-state index contributed by atoms with van der Waals surface area (Å²) in [6.07, 6.45) is 0.133. The number of nitrogens with zero attached hydrogens (tertiary/aromatic N) is 4. The number of hydrogen-bond donors (Lipinski definition) is 0. The second-order valence-corrected chi connectivity index (χ2v) is 8.63. The molecular weight excluding hydrogens is 408 g/mol. The summed E-state index contributed by atoms with van der Waals surface area (Å²) in [5, 5.41) is 4.54. The van der Waals surface area contributed by atoms with Crippen molar-refractivity contribution in [3.05, 3.63) is 41.2 Å². The number of hydrogen-bond acceptors (Lipinski definition) is 6. The second-order valence-electron chi connectivity index (χ2n) is 8.63. The molecule has 0 unspecified atom stereocenters. The van der Waals surface area contributed by atoms with E-state index < -0.39 is 5.97 Å². The Balaban J connectivity index is 1.46. The van der Waals surface area contributed by atoms with Crippen LogP contribution in [0.5, 0.6) is 5.75 Å². The number of carbonyl (C=O) groups is 2. The first-order valence-electron chi connectivity index (χ1n) is 11.1. The van der Waals surface area contributed by atoms with Gasteiger partial charge in [0.15, 0.2) is 6.61 Å². The number of anilines is 1. The van der Waals surface area contributed by atoms with E-state index in [0.717, 1.165) is 48.0 Å². The minimum atomic E-state index is -0.398. The minimum Gasteiger partial charge on any atom is -0.497 e. The topological polar surface area (TPSA) is 76.9 Å². The normalized spacial score (nSPS) is 14.1. The van der Waals surface area contributed by atoms with E-state index in [1.807, 2.05) is 42.8 Å². The van der Waals surface area contributed by atoms with Crippen LogP contribution >= 0.6 is 0 Å². The van der Waals surface area contributed by atoms with Gasteiger partial charge < -0.3 is 19.3 Å². The highest BCUT2D eigenvalue weighted by atomic mass is 16.5. The van der Waals surface area contributed by atoms with E-state index >= 15 is 0 Å². The number of methoxy groups -OCH3 is 1. The maximum atomic E-state index is 12.5. The fourth-order valence-electron chi connectivity index (χ4n) is 3.95. The Morgan fingerprint density at radius 3 is 2.31 bits per heavy atom. The number of esters is 1. The molecule has 3 rings (SSSR count). The number of piperazine rings is 1. The van der Waals surface area contributed by atoms with E-state index in [4.69, 9.17) is 9.47 Å². The maximum Gasteiger partial charge on any atom is 0.310 e. The first-order valence-corrected chi connectivity index (χ1v) is 11.1. The molecule has 0 radical (unpaired) electrons. The van der Waals surface area contributed by atoms with Gasteiger partial charge in [0.1, 0.15) is 5.75 Å². The molecule has 0 saturated carbocycles. The zero-order valence-corrected chi connectivity index (χ0v) is 19.8. The van der Waals surface area contributed by atoms with Crippen molar-refractivity contribution in [1.82, 2.24) is 14.7 Å². The fraction of sp³-hybridized carbons (Fsp3) is 0.542. The van der Waals surface area contributed by atoms with Crippen LogP contribution < -0.4 is 9.64 Å². The van der Waals surface area contributed by atoms with Crippen LogP contribution in [0.2, 0.25) is 0 Å². The zero-order chi connectivity index (χ0) is 23.3. The minimum absolute atomic E-state index is 0.133. The average molecular weight is 443 g/mol. The molecule has 174 valence electrons. The summed E-state index contributed by atoms with van der Waals surface area (Å²) in [6.45, 7) is 11.4. The van der Waals surface area contributed by atoms with E-state index in [1.165, 1.54) is 0 Å². The Morgan fingerprint density at radius 2 is 1.72 bits per heavy atom. The van der Waals surface area contributed by atoms with Crippen LogP contribution in [-0.4, -0.2) is 66.5 Å². The van der Waals surface area contributed by atoms with Gasteiger partial charge in [0.2, 0.25) is 0 Å². The number of aryl methyl sites for hydroxylation is 1. The third-order valence-corrected chi connectivity index (χ3v) is 5.82. The van der Waals surface area contributed by atoms with Gasteiger partial charge in [0, 0.05) is 49.7 Å². The number of carbonyl (C=O) groups excluding carboxylic acids is 2. The molecule has 1 aliphatic rings. The van der Waals surface area contributed by atoms with Crippen molar-refractivity contribution in [3.63, 3.8) is 0 Å². The predicted molar refractivity (Wildman–Crippen MR) is 123 cm³/mol. The molecule has 0 aliphatic carbocycles. The van der Waals surface area contributed by atoms with Gasteiger partial charge in [0.25, 0.3) is 5.91 Å². The van der Waals surface area contributed by atoms with Crippen molar-refractivity contribution in [3.8, 4) is 5.75 Å². The van der Waals surface area contributed by atoms with Gasteiger partial charge in [-0.2, -0.15) is 5.10 Å². The van der Waals surface area contributed by atoms with E-state index in [1.54, 1.807) is 12.0 Å². The Hall–Kier alpha value is -3.03. The monoisotopic (exact) mass is 442 g/mol. The van der Waals surface area contributed by atoms with Crippen LogP contribution in [0.3, 0.4) is 0 Å². The van der Waals surface area contributed by atoms with Crippen LogP contribution in [0.1, 0.15) is 30.8 Å². The lowest BCUT2D eigenvalue weighted by atomic mass is 10.1. The highest BCUT2D eigenvalue weighted by molar-refractivity contribution is 5.81. The van der Waals surface area contributed by atoms with Crippen molar-refractivity contribution < 1.29 is 19.1 Å². The highest BCUT2D eigenvalue weighted by Gasteiger charge is 2.23. The maximum absolute atomic E-state index is 12.5. The van der Waals surface area contributed by atoms with E-state index in [9.17, 15) is 9.59 Å². The molecule has 1 aliphatic heterocycles. The van der Waals surface area contributed by atoms with Gasteiger partial charge in [-0.25, -0.2) is 0 Å². The molecule has 0 atom stereocenters. The lowest BCUT2D eigenvalue weighted by Gasteiger charge is -2.36. The highest BCUT2D eigenvalue weighted by Crippen LogP contribution is 2.20. The number of amides is 1. The Bertz CT molecular complexity index is 928. The predicted octanol–water partition coefficient (Wildman–Crippen LogP) is 2.60. The van der Waals surface area contributed by atoms with Crippen LogP contribution in [0.4, 0.5) is 5.69 Å². The third kappa shape index (κ3) is 5.81. The quantitative estimate of drug-likeness (QED) is 0.585. The SMILES string of the molecule is COc1ccc(N2CCN(C(=O)COC(=O)Cc3c(C)nn(CC(C)C)c3C)CC2)cc1. The van der Waals surface area contributed by atoms with Gasteiger partial charge in [-0.05, 0) is 44.0 Å². The molecule has 1 amide bonds. The molecule has 2 aromatic rings. The number of rotatable bonds is 8. The summed E-state index contributed by atoms with van der Waals surface area (Å²) in [4.78, 5) is 28.9. The largest absolute Gasteiger partial charge is 0.497 e. The molecule has 1 fully saturated rings. The molecule has 32 heavy (non-hydrogen) atoms. The van der Waals surface area contributed by atoms with Gasteiger partial charge >= 0.3 is 5.97 Å². The van der Waals surface area contributed by atoms with Crippen LogP contribution in [0, 0.1) is 19.8 Å². The van der Waals surface area contributed by atoms with Crippen molar-refractivity contribution in [2.75, 3.05) is 44.8 Å².